The summed E-state index contributed by atoms with van der Waals surface area (Å²) in [6.45, 7) is 2.12. The molecule has 8 nitrogen and oxygen atoms in total. The standard InChI is InChI=1S/C20H26N2O6S/c1-15(18-6-4-5-7-19(18)27-3)22-20(23)14-28-16-8-10-17(11-9-16)29(24,25)21-12-13-26-2/h4-11,15,21H,12-14H2,1-3H3,(H,22,23)/t15-/m1/s1. The molecule has 2 rings (SSSR count). The lowest BCUT2D eigenvalue weighted by atomic mass is 10.1. The molecule has 0 radical (unpaired) electrons. The van der Waals surface area contributed by atoms with Crippen LogP contribution in [-0.4, -0.2) is 48.3 Å². The maximum atomic E-state index is 12.2. The van der Waals surface area contributed by atoms with Gasteiger partial charge in [0.15, 0.2) is 6.61 Å². The molecule has 0 unspecified atom stereocenters. The molecule has 2 aromatic rings. The fraction of sp³-hybridized carbons (Fsp3) is 0.350. The first kappa shape index (κ1) is 22.7. The highest BCUT2D eigenvalue weighted by molar-refractivity contribution is 7.89. The summed E-state index contributed by atoms with van der Waals surface area (Å²) in [5.74, 6) is 0.777. The lowest BCUT2D eigenvalue weighted by Crippen LogP contribution is -2.31. The molecule has 0 aromatic heterocycles. The molecule has 29 heavy (non-hydrogen) atoms. The van der Waals surface area contributed by atoms with Crippen LogP contribution in [0.15, 0.2) is 53.4 Å². The van der Waals surface area contributed by atoms with Gasteiger partial charge in [0.05, 0.1) is 24.7 Å². The Bertz CT molecular complexity index is 899. The number of sulfonamides is 1. The zero-order valence-electron chi connectivity index (χ0n) is 16.7. The molecular weight excluding hydrogens is 396 g/mol. The van der Waals surface area contributed by atoms with Gasteiger partial charge in [-0.1, -0.05) is 18.2 Å². The van der Waals surface area contributed by atoms with Crippen LogP contribution in [0.3, 0.4) is 0 Å². The summed E-state index contributed by atoms with van der Waals surface area (Å²) in [5, 5.41) is 2.84. The van der Waals surface area contributed by atoms with E-state index in [0.717, 1.165) is 5.56 Å². The number of hydrogen-bond donors (Lipinski definition) is 2. The highest BCUT2D eigenvalue weighted by Crippen LogP contribution is 2.24. The van der Waals surface area contributed by atoms with Crippen LogP contribution in [0.2, 0.25) is 0 Å². The molecule has 0 spiro atoms. The molecule has 0 aliphatic carbocycles. The van der Waals surface area contributed by atoms with E-state index in [0.29, 0.717) is 11.5 Å². The topological polar surface area (TPSA) is 103 Å². The van der Waals surface area contributed by atoms with Crippen molar-refractivity contribution in [3.05, 3.63) is 54.1 Å². The molecule has 2 N–H and O–H groups in total. The first-order valence-electron chi connectivity index (χ1n) is 9.01. The van der Waals surface area contributed by atoms with Crippen LogP contribution in [-0.2, 0) is 19.6 Å². The van der Waals surface area contributed by atoms with Gasteiger partial charge in [-0.3, -0.25) is 4.79 Å². The summed E-state index contributed by atoms with van der Waals surface area (Å²) in [7, 11) is -0.540. The SMILES string of the molecule is COCCNS(=O)(=O)c1ccc(OCC(=O)N[C@H](C)c2ccccc2OC)cc1. The second-order valence-corrected chi connectivity index (χ2v) is 7.95. The summed E-state index contributed by atoms with van der Waals surface area (Å²) < 4.78 is 42.2. The van der Waals surface area contributed by atoms with Crippen molar-refractivity contribution in [2.75, 3.05) is 34.0 Å². The predicted octanol–water partition coefficient (Wildman–Crippen LogP) is 1.88. The van der Waals surface area contributed by atoms with E-state index in [1.54, 1.807) is 7.11 Å². The van der Waals surface area contributed by atoms with Crippen LogP contribution < -0.4 is 19.5 Å². The number of methoxy groups -OCH3 is 2. The van der Waals surface area contributed by atoms with E-state index in [9.17, 15) is 13.2 Å². The maximum Gasteiger partial charge on any atom is 0.258 e. The number of carbonyl (C=O) groups excluding carboxylic acids is 1. The minimum atomic E-state index is -3.61. The van der Waals surface area contributed by atoms with E-state index in [1.807, 2.05) is 31.2 Å². The van der Waals surface area contributed by atoms with Crippen molar-refractivity contribution in [2.45, 2.75) is 17.9 Å². The number of hydrogen-bond acceptors (Lipinski definition) is 6. The average Bonchev–Trinajstić information content (AvgIpc) is 2.72. The Labute approximate surface area is 171 Å². The van der Waals surface area contributed by atoms with E-state index >= 15 is 0 Å². The van der Waals surface area contributed by atoms with Crippen LogP contribution in [0.5, 0.6) is 11.5 Å². The summed E-state index contributed by atoms with van der Waals surface area (Å²) in [5.41, 5.74) is 0.860. The third kappa shape index (κ3) is 6.74. The van der Waals surface area contributed by atoms with Crippen LogP contribution in [0, 0.1) is 0 Å². The van der Waals surface area contributed by atoms with Gasteiger partial charge in [-0.05, 0) is 37.3 Å². The molecule has 1 amide bonds. The number of nitrogens with one attached hydrogen (secondary N) is 2. The van der Waals surface area contributed by atoms with Gasteiger partial charge in [0.25, 0.3) is 5.91 Å². The second kappa shape index (κ2) is 10.8. The van der Waals surface area contributed by atoms with E-state index < -0.39 is 10.0 Å². The number of amides is 1. The van der Waals surface area contributed by atoms with Gasteiger partial charge in [0, 0.05) is 19.2 Å². The van der Waals surface area contributed by atoms with Crippen molar-refractivity contribution in [3.8, 4) is 11.5 Å². The van der Waals surface area contributed by atoms with Crippen LogP contribution in [0.25, 0.3) is 0 Å². The number of rotatable bonds is 11. The minimum absolute atomic E-state index is 0.107. The molecule has 0 saturated carbocycles. The predicted molar refractivity (Wildman–Crippen MR) is 109 cm³/mol. The Morgan fingerprint density at radius 2 is 1.76 bits per heavy atom. The van der Waals surface area contributed by atoms with E-state index in [-0.39, 0.29) is 36.6 Å². The van der Waals surface area contributed by atoms with E-state index in [1.165, 1.54) is 31.4 Å². The molecule has 0 fully saturated rings. The highest BCUT2D eigenvalue weighted by Gasteiger charge is 2.15. The lowest BCUT2D eigenvalue weighted by Gasteiger charge is -2.17. The molecule has 9 heteroatoms. The normalized spacial score (nSPS) is 12.2. The fourth-order valence-electron chi connectivity index (χ4n) is 2.61. The summed E-state index contributed by atoms with van der Waals surface area (Å²) in [6.07, 6.45) is 0. The van der Waals surface area contributed by atoms with E-state index in [4.69, 9.17) is 14.2 Å². The van der Waals surface area contributed by atoms with Crippen molar-refractivity contribution < 1.29 is 27.4 Å². The molecule has 2 aromatic carbocycles. The van der Waals surface area contributed by atoms with E-state index in [2.05, 4.69) is 10.0 Å². The van der Waals surface area contributed by atoms with Crippen LogP contribution >= 0.6 is 0 Å². The minimum Gasteiger partial charge on any atom is -0.496 e. The van der Waals surface area contributed by atoms with Gasteiger partial charge in [-0.15, -0.1) is 0 Å². The Kier molecular flexibility index (Phi) is 8.44. The van der Waals surface area contributed by atoms with Crippen molar-refractivity contribution in [1.29, 1.82) is 0 Å². The van der Waals surface area contributed by atoms with Gasteiger partial charge in [-0.25, -0.2) is 13.1 Å². The third-order valence-corrected chi connectivity index (χ3v) is 5.56. The second-order valence-electron chi connectivity index (χ2n) is 6.18. The number of ether oxygens (including phenoxy) is 3. The van der Waals surface area contributed by atoms with Crippen molar-refractivity contribution >= 4 is 15.9 Å². The first-order valence-corrected chi connectivity index (χ1v) is 10.5. The third-order valence-electron chi connectivity index (χ3n) is 4.09. The van der Waals surface area contributed by atoms with Gasteiger partial charge in [-0.2, -0.15) is 0 Å². The summed E-state index contributed by atoms with van der Waals surface area (Å²) in [6, 6.07) is 13.0. The van der Waals surface area contributed by atoms with Crippen LogP contribution in [0.4, 0.5) is 0 Å². The van der Waals surface area contributed by atoms with Crippen molar-refractivity contribution in [3.63, 3.8) is 0 Å². The zero-order valence-corrected chi connectivity index (χ0v) is 17.5. The first-order chi connectivity index (χ1) is 13.9. The van der Waals surface area contributed by atoms with Crippen molar-refractivity contribution in [2.24, 2.45) is 0 Å². The smallest absolute Gasteiger partial charge is 0.258 e. The van der Waals surface area contributed by atoms with Gasteiger partial charge < -0.3 is 19.5 Å². The average molecular weight is 423 g/mol. The van der Waals surface area contributed by atoms with Gasteiger partial charge in [0.1, 0.15) is 11.5 Å². The Morgan fingerprint density at radius 1 is 1.07 bits per heavy atom. The molecule has 0 heterocycles. The number of benzene rings is 2. The summed E-state index contributed by atoms with van der Waals surface area (Å²) >= 11 is 0. The number of para-hydroxylation sites is 1. The van der Waals surface area contributed by atoms with Gasteiger partial charge in [0.2, 0.25) is 10.0 Å². The van der Waals surface area contributed by atoms with Crippen molar-refractivity contribution in [1.82, 2.24) is 10.0 Å². The Balaban J connectivity index is 1.88. The lowest BCUT2D eigenvalue weighted by molar-refractivity contribution is -0.123. The molecular formula is C20H26N2O6S. The monoisotopic (exact) mass is 422 g/mol. The molecule has 0 bridgehead atoms. The fourth-order valence-corrected chi connectivity index (χ4v) is 3.62. The zero-order chi connectivity index (χ0) is 21.3. The Hall–Kier alpha value is -2.62. The maximum absolute atomic E-state index is 12.2. The molecule has 1 atom stereocenters. The van der Waals surface area contributed by atoms with Crippen LogP contribution in [0.1, 0.15) is 18.5 Å². The van der Waals surface area contributed by atoms with Gasteiger partial charge >= 0.3 is 0 Å². The highest BCUT2D eigenvalue weighted by atomic mass is 32.2. The summed E-state index contributed by atoms with van der Waals surface area (Å²) in [4.78, 5) is 12.3. The molecule has 0 aliphatic rings. The molecule has 0 saturated heterocycles. The quantitative estimate of drug-likeness (QED) is 0.536. The molecule has 158 valence electrons. The number of carbonyl (C=O) groups is 1. The molecule has 0 aliphatic heterocycles. The Morgan fingerprint density at radius 3 is 2.41 bits per heavy atom. The largest absolute Gasteiger partial charge is 0.496 e.